The predicted molar refractivity (Wildman–Crippen MR) is 127 cm³/mol. The lowest BCUT2D eigenvalue weighted by Gasteiger charge is -2.56. The maximum atomic E-state index is 11.5. The van der Waals surface area contributed by atoms with E-state index in [1.54, 1.807) is 31.0 Å². The fourth-order valence-corrected chi connectivity index (χ4v) is 5.58. The van der Waals surface area contributed by atoms with Crippen molar-refractivity contribution in [2.24, 2.45) is 5.14 Å². The third kappa shape index (κ3) is 4.28. The maximum absolute atomic E-state index is 11.5. The van der Waals surface area contributed by atoms with Crippen LogP contribution in [0.25, 0.3) is 0 Å². The quantitative estimate of drug-likeness (QED) is 0.657. The molecule has 1 fully saturated rings. The van der Waals surface area contributed by atoms with Crippen molar-refractivity contribution < 1.29 is 17.9 Å². The normalized spacial score (nSPS) is 21.7. The van der Waals surface area contributed by atoms with E-state index in [9.17, 15) is 8.42 Å². The predicted octanol–water partition coefficient (Wildman–Crippen LogP) is 3.17. The molecule has 2 bridgehead atoms. The maximum Gasteiger partial charge on any atom is 0.238 e. The minimum atomic E-state index is -3.69. The molecule has 2 atom stereocenters. The largest absolute Gasteiger partial charge is 0.497 e. The lowest BCUT2D eigenvalue weighted by Crippen LogP contribution is -2.66. The summed E-state index contributed by atoms with van der Waals surface area (Å²) in [4.78, 5) is 5.45. The summed E-state index contributed by atoms with van der Waals surface area (Å²) in [5, 5.41) is 6.36. The third-order valence-electron chi connectivity index (χ3n) is 5.73. The van der Waals surface area contributed by atoms with Gasteiger partial charge in [-0.25, -0.2) is 18.5 Å². The van der Waals surface area contributed by atoms with Crippen molar-refractivity contribution in [3.8, 4) is 17.6 Å². The van der Waals surface area contributed by atoms with E-state index in [0.29, 0.717) is 13.0 Å². The number of ether oxygens (including phenoxy) is 2. The molecule has 4 aliphatic rings. The Morgan fingerprint density at radius 3 is 2.70 bits per heavy atom. The fourth-order valence-electron chi connectivity index (χ4n) is 4.05. The summed E-state index contributed by atoms with van der Waals surface area (Å²) in [5.41, 5.74) is 3.25. The number of nitrogens with zero attached hydrogens (tertiary/aromatic N) is 2. The van der Waals surface area contributed by atoms with Gasteiger partial charge in [0.25, 0.3) is 0 Å². The van der Waals surface area contributed by atoms with E-state index in [1.807, 2.05) is 30.5 Å². The first-order chi connectivity index (χ1) is 15.8. The highest BCUT2D eigenvalue weighted by atomic mass is 32.2. The van der Waals surface area contributed by atoms with Gasteiger partial charge in [0.1, 0.15) is 12.0 Å². The second-order valence-electron chi connectivity index (χ2n) is 8.00. The lowest BCUT2D eigenvalue weighted by molar-refractivity contribution is -0.323. The molecular formula is C24H23N3O4S2. The molecule has 7 nitrogen and oxygen atoms in total. The van der Waals surface area contributed by atoms with Crippen LogP contribution in [0.5, 0.6) is 5.75 Å². The van der Waals surface area contributed by atoms with Gasteiger partial charge in [-0.1, -0.05) is 47.9 Å². The molecule has 2 aromatic rings. The molecule has 2 N–H and O–H groups in total. The van der Waals surface area contributed by atoms with E-state index in [1.165, 1.54) is 17.2 Å². The van der Waals surface area contributed by atoms with Gasteiger partial charge in [0, 0.05) is 24.7 Å². The van der Waals surface area contributed by atoms with Crippen molar-refractivity contribution in [1.82, 2.24) is 9.80 Å². The Balaban J connectivity index is 1.28. The number of primary sulfonamides is 1. The van der Waals surface area contributed by atoms with Crippen LogP contribution in [0.15, 0.2) is 75.1 Å². The zero-order valence-electron chi connectivity index (χ0n) is 18.2. The van der Waals surface area contributed by atoms with Gasteiger partial charge in [0.05, 0.1) is 21.9 Å². The zero-order valence-corrected chi connectivity index (χ0v) is 19.8. The Morgan fingerprint density at radius 1 is 1.18 bits per heavy atom. The second-order valence-corrected chi connectivity index (χ2v) is 10.6. The van der Waals surface area contributed by atoms with E-state index in [-0.39, 0.29) is 17.5 Å². The Hall–Kier alpha value is -2.74. The standard InChI is InChI=1S/C24H23N3O4S2/c1-16-22-26(14-18-9-11-21(12-10-18)33(25,28)29)24(31-22)27-15-20(32-23(16)27)8-4-6-17-5-3-7-19(13-17)30-2/h3,5,7,9-13,15,22,24H,6,14H2,1-2H3,(H2,25,28,29). The number of methoxy groups -OCH3 is 1. The van der Waals surface area contributed by atoms with Crippen LogP contribution in [0.3, 0.4) is 0 Å². The molecule has 2 aromatic carbocycles. The monoisotopic (exact) mass is 481 g/mol. The van der Waals surface area contributed by atoms with Crippen LogP contribution in [0.2, 0.25) is 0 Å². The van der Waals surface area contributed by atoms with Crippen molar-refractivity contribution in [1.29, 1.82) is 0 Å². The van der Waals surface area contributed by atoms with Crippen molar-refractivity contribution in [2.75, 3.05) is 7.11 Å². The molecule has 4 heterocycles. The van der Waals surface area contributed by atoms with Crippen LogP contribution >= 0.6 is 11.8 Å². The Morgan fingerprint density at radius 2 is 1.97 bits per heavy atom. The summed E-state index contributed by atoms with van der Waals surface area (Å²) in [6.45, 7) is 2.71. The minimum absolute atomic E-state index is 0.0934. The van der Waals surface area contributed by atoms with Crippen molar-refractivity contribution in [3.05, 3.63) is 81.4 Å². The number of sulfonamides is 1. The molecule has 0 aromatic heterocycles. The molecule has 4 aliphatic heterocycles. The third-order valence-corrected chi connectivity index (χ3v) is 7.82. The summed E-state index contributed by atoms with van der Waals surface area (Å²) in [7, 11) is -2.03. The molecule has 0 radical (unpaired) electrons. The van der Waals surface area contributed by atoms with E-state index >= 15 is 0 Å². The van der Waals surface area contributed by atoms with Crippen molar-refractivity contribution in [3.63, 3.8) is 0 Å². The first-order valence-corrected chi connectivity index (χ1v) is 12.7. The molecule has 9 heteroatoms. The first kappa shape index (κ1) is 22.1. The average Bonchev–Trinajstić information content (AvgIpc) is 3.22. The van der Waals surface area contributed by atoms with Gasteiger partial charge in [0.2, 0.25) is 10.0 Å². The molecule has 0 amide bonds. The van der Waals surface area contributed by atoms with Crippen LogP contribution in [0.1, 0.15) is 18.1 Å². The first-order valence-electron chi connectivity index (χ1n) is 10.4. The van der Waals surface area contributed by atoms with E-state index < -0.39 is 10.0 Å². The summed E-state index contributed by atoms with van der Waals surface area (Å²) in [6.07, 6.45) is 2.40. The van der Waals surface area contributed by atoms with E-state index in [2.05, 4.69) is 28.6 Å². The Labute approximate surface area is 197 Å². The lowest BCUT2D eigenvalue weighted by atomic mass is 10.1. The number of nitrogens with two attached hydrogens (primary N) is 1. The summed E-state index contributed by atoms with van der Waals surface area (Å²) < 4.78 is 34.3. The van der Waals surface area contributed by atoms with E-state index in [0.717, 1.165) is 27.4 Å². The van der Waals surface area contributed by atoms with Crippen LogP contribution in [-0.2, 0) is 27.7 Å². The SMILES string of the molecule is COc1cccc(CC#CC2=CN3C(=C(C)C4OC3N4Cc3ccc(S(N)(=O)=O)cc3)S2)c1. The van der Waals surface area contributed by atoms with Gasteiger partial charge >= 0.3 is 0 Å². The Kier molecular flexibility index (Phi) is 5.72. The zero-order chi connectivity index (χ0) is 23.2. The van der Waals surface area contributed by atoms with Crippen LogP contribution in [0, 0.1) is 11.8 Å². The topological polar surface area (TPSA) is 85.1 Å². The molecule has 1 saturated heterocycles. The molecule has 6 rings (SSSR count). The van der Waals surface area contributed by atoms with Gasteiger partial charge in [-0.2, -0.15) is 0 Å². The highest BCUT2D eigenvalue weighted by molar-refractivity contribution is 8.07. The highest BCUT2D eigenvalue weighted by Crippen LogP contribution is 2.50. The van der Waals surface area contributed by atoms with Gasteiger partial charge in [0.15, 0.2) is 6.35 Å². The average molecular weight is 482 g/mol. The van der Waals surface area contributed by atoms with Crippen LogP contribution in [-0.4, -0.2) is 37.9 Å². The fraction of sp³-hybridized carbons (Fsp3) is 0.250. The molecule has 170 valence electrons. The summed E-state index contributed by atoms with van der Waals surface area (Å²) in [6, 6.07) is 14.6. The molecule has 33 heavy (non-hydrogen) atoms. The number of hydrogen-bond donors (Lipinski definition) is 1. The van der Waals surface area contributed by atoms with Gasteiger partial charge in [-0.05, 0) is 42.3 Å². The Bertz CT molecular complexity index is 1320. The highest BCUT2D eigenvalue weighted by Gasteiger charge is 2.51. The van der Waals surface area contributed by atoms with Crippen LogP contribution in [0.4, 0.5) is 0 Å². The summed E-state index contributed by atoms with van der Waals surface area (Å²) >= 11 is 1.67. The van der Waals surface area contributed by atoms with Crippen molar-refractivity contribution >= 4 is 21.8 Å². The molecular weight excluding hydrogens is 458 g/mol. The smallest absolute Gasteiger partial charge is 0.238 e. The van der Waals surface area contributed by atoms with Gasteiger partial charge < -0.3 is 14.4 Å². The van der Waals surface area contributed by atoms with Gasteiger partial charge in [-0.15, -0.1) is 0 Å². The second kappa shape index (κ2) is 8.56. The number of benzene rings is 2. The number of thioether (sulfide) groups is 1. The minimum Gasteiger partial charge on any atom is -0.497 e. The molecule has 0 aliphatic carbocycles. The number of rotatable bonds is 5. The molecule has 0 spiro atoms. The summed E-state index contributed by atoms with van der Waals surface area (Å²) in [5.74, 6) is 7.37. The van der Waals surface area contributed by atoms with Gasteiger partial charge in [-0.3, -0.25) is 0 Å². The van der Waals surface area contributed by atoms with Crippen LogP contribution < -0.4 is 9.88 Å². The van der Waals surface area contributed by atoms with Crippen molar-refractivity contribution in [2.45, 2.75) is 37.4 Å². The molecule has 0 saturated carbocycles. The number of hydrogen-bond acceptors (Lipinski definition) is 7. The van der Waals surface area contributed by atoms with E-state index in [4.69, 9.17) is 14.6 Å². The molecule has 2 unspecified atom stereocenters. The number of allylic oxidation sites excluding steroid dienone is 1.